The molecule has 0 saturated carbocycles. The first kappa shape index (κ1) is 28.9. The molecule has 0 fully saturated rings. The Morgan fingerprint density at radius 2 is 1.62 bits per heavy atom. The fourth-order valence-corrected chi connectivity index (χ4v) is 4.23. The van der Waals surface area contributed by atoms with Crippen LogP contribution in [0.2, 0.25) is 0 Å². The van der Waals surface area contributed by atoms with Crippen LogP contribution in [0.15, 0.2) is 71.7 Å². The molecular formula is C28H34N6O5. The number of hydrogen-bond donors (Lipinski definition) is 7. The monoisotopic (exact) mass is 534 g/mol. The molecule has 0 bridgehead atoms. The van der Waals surface area contributed by atoms with Crippen molar-refractivity contribution in [2.45, 2.75) is 43.8 Å². The van der Waals surface area contributed by atoms with Gasteiger partial charge in [-0.3, -0.25) is 14.6 Å². The largest absolute Gasteiger partial charge is 0.508 e. The topological polar surface area (TPSA) is 206 Å². The van der Waals surface area contributed by atoms with E-state index in [4.69, 9.17) is 17.2 Å². The van der Waals surface area contributed by atoms with Crippen LogP contribution in [0.25, 0.3) is 10.8 Å². The second kappa shape index (κ2) is 13.8. The van der Waals surface area contributed by atoms with E-state index < -0.39 is 35.9 Å². The molecule has 0 aliphatic heterocycles. The zero-order valence-corrected chi connectivity index (χ0v) is 21.4. The number of nitrogens with zero attached hydrogens (tertiary/aromatic N) is 1. The van der Waals surface area contributed by atoms with Crippen molar-refractivity contribution in [1.82, 2.24) is 10.6 Å². The maximum atomic E-state index is 13.1. The summed E-state index contributed by atoms with van der Waals surface area (Å²) in [4.78, 5) is 41.9. The number of aliphatic imine (C=N–C) groups is 1. The summed E-state index contributed by atoms with van der Waals surface area (Å²) >= 11 is 0. The van der Waals surface area contributed by atoms with Crippen LogP contribution < -0.4 is 27.8 Å². The van der Waals surface area contributed by atoms with Crippen molar-refractivity contribution >= 4 is 34.5 Å². The highest BCUT2D eigenvalue weighted by Gasteiger charge is 2.26. The van der Waals surface area contributed by atoms with E-state index in [9.17, 15) is 24.6 Å². The Labute approximate surface area is 226 Å². The lowest BCUT2D eigenvalue weighted by Gasteiger charge is -2.24. The molecule has 39 heavy (non-hydrogen) atoms. The summed E-state index contributed by atoms with van der Waals surface area (Å²) < 4.78 is 0. The van der Waals surface area contributed by atoms with Crippen molar-refractivity contribution < 1.29 is 24.6 Å². The number of nitrogens with one attached hydrogen (secondary N) is 2. The Hall–Kier alpha value is -4.64. The van der Waals surface area contributed by atoms with E-state index in [2.05, 4.69) is 15.6 Å². The number of phenolic OH excluding ortho intramolecular Hbond substituents is 1. The maximum absolute atomic E-state index is 13.1. The molecule has 11 nitrogen and oxygen atoms in total. The van der Waals surface area contributed by atoms with Crippen LogP contribution in [0.5, 0.6) is 5.75 Å². The molecule has 0 heterocycles. The number of rotatable bonds is 13. The fraction of sp³-hybridized carbons (Fsp3) is 0.286. The van der Waals surface area contributed by atoms with Crippen LogP contribution in [0, 0.1) is 0 Å². The van der Waals surface area contributed by atoms with Crippen molar-refractivity contribution in [3.8, 4) is 5.75 Å². The fourth-order valence-electron chi connectivity index (χ4n) is 4.23. The molecule has 3 atom stereocenters. The van der Waals surface area contributed by atoms with Crippen LogP contribution in [-0.4, -0.2) is 52.6 Å². The van der Waals surface area contributed by atoms with Gasteiger partial charge >= 0.3 is 5.97 Å². The number of fused-ring (bicyclic) bond motifs is 1. The lowest BCUT2D eigenvalue weighted by molar-refractivity contribution is -0.142. The summed E-state index contributed by atoms with van der Waals surface area (Å²) in [6, 6.07) is 16.4. The van der Waals surface area contributed by atoms with E-state index in [1.807, 2.05) is 42.5 Å². The van der Waals surface area contributed by atoms with Gasteiger partial charge in [-0.1, -0.05) is 54.6 Å². The number of carboxylic acids is 1. The number of benzene rings is 3. The Balaban J connectivity index is 1.78. The van der Waals surface area contributed by atoms with Gasteiger partial charge in [-0.15, -0.1) is 0 Å². The summed E-state index contributed by atoms with van der Waals surface area (Å²) in [5, 5.41) is 26.4. The number of phenols is 1. The summed E-state index contributed by atoms with van der Waals surface area (Å²) in [5.41, 5.74) is 18.1. The Kier molecular flexibility index (Phi) is 10.2. The summed E-state index contributed by atoms with van der Waals surface area (Å²) in [6.07, 6.45) is 0.626. The summed E-state index contributed by atoms with van der Waals surface area (Å²) in [5.74, 6) is -2.20. The zero-order chi connectivity index (χ0) is 28.4. The van der Waals surface area contributed by atoms with Crippen molar-refractivity contribution in [1.29, 1.82) is 0 Å². The van der Waals surface area contributed by atoms with Gasteiger partial charge in [-0.05, 0) is 46.9 Å². The standard InChI is InChI=1S/C28H34N6O5/c29-22(9-4-14-32-28(30)31)26(37)34-23(21-8-3-6-18-5-1-2-7-20(18)21)16-25(36)33-24(27(38)39)15-17-10-12-19(35)13-11-17/h1-3,5-8,10-13,22-24,35H,4,9,14-16,29H2,(H,33,36)(H,34,37)(H,38,39)(H4,30,31,32)/t22-,23+,24-/m0/s1. The second-order valence-electron chi connectivity index (χ2n) is 9.22. The molecule has 0 spiro atoms. The van der Waals surface area contributed by atoms with Gasteiger partial charge in [0.2, 0.25) is 11.8 Å². The third kappa shape index (κ3) is 8.71. The number of nitrogens with two attached hydrogens (primary N) is 3. The molecule has 10 N–H and O–H groups in total. The molecule has 0 radical (unpaired) electrons. The van der Waals surface area contributed by atoms with E-state index in [1.165, 1.54) is 12.1 Å². The lowest BCUT2D eigenvalue weighted by Crippen LogP contribution is -2.46. The molecular weight excluding hydrogens is 500 g/mol. The van der Waals surface area contributed by atoms with Gasteiger partial charge in [0.15, 0.2) is 5.96 Å². The normalized spacial score (nSPS) is 13.2. The van der Waals surface area contributed by atoms with Crippen molar-refractivity contribution in [2.24, 2.45) is 22.2 Å². The predicted octanol–water partition coefficient (Wildman–Crippen LogP) is 1.29. The molecule has 0 aromatic heterocycles. The minimum atomic E-state index is -1.20. The average Bonchev–Trinajstić information content (AvgIpc) is 2.90. The van der Waals surface area contributed by atoms with Crippen LogP contribution in [0.3, 0.4) is 0 Å². The predicted molar refractivity (Wildman–Crippen MR) is 149 cm³/mol. The van der Waals surface area contributed by atoms with Crippen LogP contribution >= 0.6 is 0 Å². The highest BCUT2D eigenvalue weighted by atomic mass is 16.4. The average molecular weight is 535 g/mol. The minimum absolute atomic E-state index is 0.0211. The van der Waals surface area contributed by atoms with Gasteiger partial charge in [0.25, 0.3) is 0 Å². The highest BCUT2D eigenvalue weighted by molar-refractivity contribution is 5.90. The van der Waals surface area contributed by atoms with E-state index in [-0.39, 0.29) is 24.6 Å². The smallest absolute Gasteiger partial charge is 0.326 e. The number of hydrogen-bond acceptors (Lipinski definition) is 6. The first-order chi connectivity index (χ1) is 18.6. The molecule has 11 heteroatoms. The first-order valence-corrected chi connectivity index (χ1v) is 12.5. The van der Waals surface area contributed by atoms with E-state index in [0.717, 1.165) is 10.8 Å². The number of carbonyl (C=O) groups excluding carboxylic acids is 2. The molecule has 3 rings (SSSR count). The maximum Gasteiger partial charge on any atom is 0.326 e. The minimum Gasteiger partial charge on any atom is -0.508 e. The van der Waals surface area contributed by atoms with E-state index >= 15 is 0 Å². The SMILES string of the molecule is NC(N)=NCCC[C@H](N)C(=O)N[C@H](CC(=O)N[C@@H](Cc1ccc(O)cc1)C(=O)O)c1cccc2ccccc12. The molecule has 3 aromatic rings. The van der Waals surface area contributed by atoms with Gasteiger partial charge in [-0.2, -0.15) is 0 Å². The first-order valence-electron chi connectivity index (χ1n) is 12.5. The van der Waals surface area contributed by atoms with Gasteiger partial charge < -0.3 is 38.0 Å². The lowest BCUT2D eigenvalue weighted by atomic mass is 9.95. The van der Waals surface area contributed by atoms with Gasteiger partial charge in [0.05, 0.1) is 18.5 Å². The quantitative estimate of drug-likeness (QED) is 0.0963. The number of carboxylic acid groups (broad SMARTS) is 1. The van der Waals surface area contributed by atoms with Crippen LogP contribution in [-0.2, 0) is 20.8 Å². The second-order valence-corrected chi connectivity index (χ2v) is 9.22. The molecule has 2 amide bonds. The number of carbonyl (C=O) groups is 3. The summed E-state index contributed by atoms with van der Waals surface area (Å²) in [7, 11) is 0. The third-order valence-corrected chi connectivity index (χ3v) is 6.22. The molecule has 206 valence electrons. The Morgan fingerprint density at radius 1 is 0.923 bits per heavy atom. The Morgan fingerprint density at radius 3 is 2.31 bits per heavy atom. The molecule has 3 aromatic carbocycles. The highest BCUT2D eigenvalue weighted by Crippen LogP contribution is 2.27. The van der Waals surface area contributed by atoms with Crippen LogP contribution in [0.1, 0.15) is 36.4 Å². The van der Waals surface area contributed by atoms with Crippen molar-refractivity contribution in [2.75, 3.05) is 6.54 Å². The number of amides is 2. The van der Waals surface area contributed by atoms with Crippen molar-refractivity contribution in [3.05, 3.63) is 77.9 Å². The molecule has 0 aliphatic rings. The van der Waals surface area contributed by atoms with E-state index in [0.29, 0.717) is 30.5 Å². The third-order valence-electron chi connectivity index (χ3n) is 6.22. The summed E-state index contributed by atoms with van der Waals surface area (Å²) in [6.45, 7) is 0.329. The Bertz CT molecular complexity index is 1320. The van der Waals surface area contributed by atoms with E-state index in [1.54, 1.807) is 12.1 Å². The molecule has 0 saturated heterocycles. The molecule has 0 unspecified atom stereocenters. The molecule has 0 aliphatic carbocycles. The number of aliphatic carboxylic acids is 1. The van der Waals surface area contributed by atoms with Gasteiger partial charge in [0, 0.05) is 13.0 Å². The number of guanidine groups is 1. The number of aromatic hydroxyl groups is 1. The van der Waals surface area contributed by atoms with Gasteiger partial charge in [-0.25, -0.2) is 4.79 Å². The van der Waals surface area contributed by atoms with Crippen molar-refractivity contribution in [3.63, 3.8) is 0 Å². The van der Waals surface area contributed by atoms with Crippen LogP contribution in [0.4, 0.5) is 0 Å². The van der Waals surface area contributed by atoms with Gasteiger partial charge in [0.1, 0.15) is 11.8 Å². The zero-order valence-electron chi connectivity index (χ0n) is 21.4.